The molecule has 3 N–H and O–H groups in total. The highest BCUT2D eigenvalue weighted by Gasteiger charge is 2.12. The van der Waals surface area contributed by atoms with Crippen molar-refractivity contribution in [2.75, 3.05) is 31.9 Å². The zero-order valence-electron chi connectivity index (χ0n) is 19.0. The molecule has 0 amide bonds. The molecule has 0 aliphatic carbocycles. The van der Waals surface area contributed by atoms with Crippen LogP contribution in [0.3, 0.4) is 0 Å². The fourth-order valence-corrected chi connectivity index (χ4v) is 3.97. The van der Waals surface area contributed by atoms with E-state index < -0.39 is 10.0 Å². The summed E-state index contributed by atoms with van der Waals surface area (Å²) in [6.45, 7) is 13.9. The number of guanidine groups is 1. The molecule has 9 heteroatoms. The first-order valence-electron chi connectivity index (χ1n) is 10.5. The van der Waals surface area contributed by atoms with Crippen LogP contribution in [0.1, 0.15) is 46.6 Å². The SMILES string of the molecule is CCNC(=NCCCN(C(C)C)C(C)C)NCCS(=O)(=O)NCc1ccccc1.I. The number of hydrogen-bond donors (Lipinski definition) is 3. The summed E-state index contributed by atoms with van der Waals surface area (Å²) in [5.41, 5.74) is 0.941. The van der Waals surface area contributed by atoms with Crippen LogP contribution in [0.2, 0.25) is 0 Å². The van der Waals surface area contributed by atoms with Gasteiger partial charge in [-0.25, -0.2) is 13.1 Å². The maximum atomic E-state index is 12.2. The quantitative estimate of drug-likeness (QED) is 0.152. The first-order valence-corrected chi connectivity index (χ1v) is 12.2. The minimum atomic E-state index is -3.35. The largest absolute Gasteiger partial charge is 0.357 e. The van der Waals surface area contributed by atoms with E-state index in [9.17, 15) is 8.42 Å². The Balaban J connectivity index is 0.00000841. The minimum absolute atomic E-state index is 0. The Morgan fingerprint density at radius 2 is 1.70 bits per heavy atom. The molecule has 0 unspecified atom stereocenters. The Hall–Kier alpha value is -0.910. The molecule has 174 valence electrons. The topological polar surface area (TPSA) is 85.8 Å². The van der Waals surface area contributed by atoms with Gasteiger partial charge in [0.2, 0.25) is 10.0 Å². The normalized spacial score (nSPS) is 12.3. The third-order valence-corrected chi connectivity index (χ3v) is 5.84. The van der Waals surface area contributed by atoms with Crippen LogP contribution in [-0.4, -0.2) is 63.3 Å². The van der Waals surface area contributed by atoms with E-state index in [2.05, 4.69) is 52.9 Å². The predicted octanol–water partition coefficient (Wildman–Crippen LogP) is 2.79. The van der Waals surface area contributed by atoms with Gasteiger partial charge in [0.25, 0.3) is 0 Å². The summed E-state index contributed by atoms with van der Waals surface area (Å²) in [6.07, 6.45) is 0.962. The van der Waals surface area contributed by atoms with Crippen LogP contribution in [0.25, 0.3) is 0 Å². The summed E-state index contributed by atoms with van der Waals surface area (Å²) >= 11 is 0. The second-order valence-corrected chi connectivity index (χ2v) is 9.52. The maximum absolute atomic E-state index is 12.2. The average Bonchev–Trinajstić information content (AvgIpc) is 2.66. The Morgan fingerprint density at radius 3 is 2.27 bits per heavy atom. The van der Waals surface area contributed by atoms with E-state index >= 15 is 0 Å². The summed E-state index contributed by atoms with van der Waals surface area (Å²) < 4.78 is 27.0. The number of rotatable bonds is 13. The molecule has 0 aliphatic heterocycles. The molecule has 1 aromatic carbocycles. The van der Waals surface area contributed by atoms with Crippen LogP contribution in [0, 0.1) is 0 Å². The van der Waals surface area contributed by atoms with Crippen molar-refractivity contribution in [1.29, 1.82) is 0 Å². The molecule has 0 saturated heterocycles. The molecule has 30 heavy (non-hydrogen) atoms. The molecule has 0 saturated carbocycles. The highest BCUT2D eigenvalue weighted by atomic mass is 127. The fraction of sp³-hybridized carbons (Fsp3) is 0.667. The molecule has 0 atom stereocenters. The fourth-order valence-electron chi connectivity index (χ4n) is 3.06. The van der Waals surface area contributed by atoms with Crippen LogP contribution in [0.15, 0.2) is 35.3 Å². The monoisotopic (exact) mass is 553 g/mol. The Bertz CT molecular complexity index is 689. The van der Waals surface area contributed by atoms with Gasteiger partial charge in [-0.2, -0.15) is 0 Å². The van der Waals surface area contributed by atoms with Gasteiger partial charge in [-0.3, -0.25) is 9.89 Å². The van der Waals surface area contributed by atoms with Gasteiger partial charge < -0.3 is 10.6 Å². The van der Waals surface area contributed by atoms with Gasteiger partial charge in [0, 0.05) is 44.8 Å². The van der Waals surface area contributed by atoms with Crippen molar-refractivity contribution in [2.45, 2.75) is 59.7 Å². The molecule has 7 nitrogen and oxygen atoms in total. The van der Waals surface area contributed by atoms with E-state index in [0.29, 0.717) is 37.7 Å². The van der Waals surface area contributed by atoms with Gasteiger partial charge in [0.15, 0.2) is 5.96 Å². The van der Waals surface area contributed by atoms with Gasteiger partial charge in [0.1, 0.15) is 0 Å². The van der Waals surface area contributed by atoms with Gasteiger partial charge in [-0.15, -0.1) is 24.0 Å². The van der Waals surface area contributed by atoms with Crippen molar-refractivity contribution < 1.29 is 8.42 Å². The second-order valence-electron chi connectivity index (χ2n) is 7.59. The maximum Gasteiger partial charge on any atom is 0.213 e. The average molecular weight is 554 g/mol. The third kappa shape index (κ3) is 12.7. The summed E-state index contributed by atoms with van der Waals surface area (Å²) in [5, 5.41) is 6.29. The molecular weight excluding hydrogens is 513 g/mol. The summed E-state index contributed by atoms with van der Waals surface area (Å²) in [6, 6.07) is 10.5. The lowest BCUT2D eigenvalue weighted by molar-refractivity contribution is 0.174. The summed E-state index contributed by atoms with van der Waals surface area (Å²) in [7, 11) is -3.35. The lowest BCUT2D eigenvalue weighted by Gasteiger charge is -2.30. The second kappa shape index (κ2) is 15.8. The van der Waals surface area contributed by atoms with Crippen molar-refractivity contribution in [3.8, 4) is 0 Å². The first kappa shape index (κ1) is 29.1. The number of halogens is 1. The number of nitrogens with one attached hydrogen (secondary N) is 3. The van der Waals surface area contributed by atoms with E-state index in [4.69, 9.17) is 0 Å². The first-order chi connectivity index (χ1) is 13.7. The van der Waals surface area contributed by atoms with E-state index in [1.165, 1.54) is 0 Å². The lowest BCUT2D eigenvalue weighted by Crippen LogP contribution is -2.41. The predicted molar refractivity (Wildman–Crippen MR) is 138 cm³/mol. The molecule has 0 radical (unpaired) electrons. The van der Waals surface area contributed by atoms with Crippen LogP contribution >= 0.6 is 24.0 Å². The zero-order valence-corrected chi connectivity index (χ0v) is 22.2. The van der Waals surface area contributed by atoms with Gasteiger partial charge in [0.05, 0.1) is 5.75 Å². The molecule has 1 rings (SSSR count). The third-order valence-electron chi connectivity index (χ3n) is 4.52. The smallest absolute Gasteiger partial charge is 0.213 e. The van der Waals surface area contributed by atoms with Crippen LogP contribution < -0.4 is 15.4 Å². The number of hydrogen-bond acceptors (Lipinski definition) is 4. The van der Waals surface area contributed by atoms with Crippen molar-refractivity contribution in [3.05, 3.63) is 35.9 Å². The summed E-state index contributed by atoms with van der Waals surface area (Å²) in [5.74, 6) is 0.657. The highest BCUT2D eigenvalue weighted by Crippen LogP contribution is 2.05. The molecular formula is C21H40IN5O2S. The zero-order chi connectivity index (χ0) is 21.7. The molecule has 0 spiro atoms. The van der Waals surface area contributed by atoms with Gasteiger partial charge in [-0.1, -0.05) is 30.3 Å². The number of nitrogens with zero attached hydrogens (tertiary/aromatic N) is 2. The number of aliphatic imine (C=N–C) groups is 1. The van der Waals surface area contributed by atoms with Crippen LogP contribution in [0.5, 0.6) is 0 Å². The highest BCUT2D eigenvalue weighted by molar-refractivity contribution is 14.0. The Morgan fingerprint density at radius 1 is 1.07 bits per heavy atom. The van der Waals surface area contributed by atoms with E-state index in [0.717, 1.165) is 25.1 Å². The van der Waals surface area contributed by atoms with Crippen molar-refractivity contribution >= 4 is 40.0 Å². The van der Waals surface area contributed by atoms with Gasteiger partial charge >= 0.3 is 0 Å². The molecule has 0 fully saturated rings. The number of sulfonamides is 1. The van der Waals surface area contributed by atoms with Crippen molar-refractivity contribution in [1.82, 2.24) is 20.3 Å². The minimum Gasteiger partial charge on any atom is -0.357 e. The van der Waals surface area contributed by atoms with Crippen LogP contribution in [0.4, 0.5) is 0 Å². The van der Waals surface area contributed by atoms with E-state index in [-0.39, 0.29) is 29.7 Å². The van der Waals surface area contributed by atoms with E-state index in [1.54, 1.807) is 0 Å². The molecule has 0 heterocycles. The van der Waals surface area contributed by atoms with Gasteiger partial charge in [-0.05, 0) is 46.6 Å². The summed E-state index contributed by atoms with van der Waals surface area (Å²) in [4.78, 5) is 7.02. The Labute approximate surface area is 200 Å². The van der Waals surface area contributed by atoms with Crippen molar-refractivity contribution in [3.63, 3.8) is 0 Å². The number of benzene rings is 1. The molecule has 0 aliphatic rings. The van der Waals surface area contributed by atoms with Crippen LogP contribution in [-0.2, 0) is 16.6 Å². The lowest BCUT2D eigenvalue weighted by atomic mass is 10.2. The van der Waals surface area contributed by atoms with Crippen molar-refractivity contribution in [2.24, 2.45) is 4.99 Å². The standard InChI is InChI=1S/C21H39N5O2S.HI/c1-6-22-21(23-13-10-15-26(18(2)3)19(4)5)24-14-16-29(27,28)25-17-20-11-8-7-9-12-20;/h7-9,11-12,18-19,25H,6,10,13-17H2,1-5H3,(H2,22,23,24);1H. The van der Waals surface area contributed by atoms with E-state index in [1.807, 2.05) is 37.3 Å². The Kier molecular flexibility index (Phi) is 15.3. The molecule has 0 aromatic heterocycles. The molecule has 1 aromatic rings. The molecule has 0 bridgehead atoms.